The number of benzene rings is 7. The lowest BCUT2D eigenvalue weighted by molar-refractivity contribution is 0.490. The minimum Gasteiger partial charge on any atom is -0.227 e. The van der Waals surface area contributed by atoms with Crippen molar-refractivity contribution in [1.82, 2.24) is 9.97 Å². The second kappa shape index (κ2) is 10.3. The van der Waals surface area contributed by atoms with Gasteiger partial charge in [0.1, 0.15) is 0 Å². The Labute approximate surface area is 283 Å². The van der Waals surface area contributed by atoms with Crippen molar-refractivity contribution in [3.63, 3.8) is 0 Å². The van der Waals surface area contributed by atoms with Crippen LogP contribution in [0.4, 0.5) is 0 Å². The standard InChI is InChI=1S/C45H32N2S/c1-3-45(4-2)36-16-10-9-15-33(36)34-21-19-31(26-37(34)45)44-46-42(30-18-17-27-11-5-6-13-29(27)25-30)35-22-24-39-41(43(35)47-44)40-32-14-8-7-12-28(32)20-23-38(40)48-39/h5-26H,3-4H2,1-2H3. The molecule has 0 saturated heterocycles. The van der Waals surface area contributed by atoms with Crippen LogP contribution in [0.2, 0.25) is 0 Å². The number of fused-ring (bicyclic) bond motifs is 11. The van der Waals surface area contributed by atoms with Crippen molar-refractivity contribution in [1.29, 1.82) is 0 Å². The highest BCUT2D eigenvalue weighted by molar-refractivity contribution is 7.26. The Morgan fingerprint density at radius 3 is 2.08 bits per heavy atom. The highest BCUT2D eigenvalue weighted by Crippen LogP contribution is 2.53. The minimum atomic E-state index is -0.0182. The van der Waals surface area contributed by atoms with E-state index in [-0.39, 0.29) is 5.41 Å². The van der Waals surface area contributed by atoms with Crippen LogP contribution in [0.1, 0.15) is 37.8 Å². The smallest absolute Gasteiger partial charge is 0.160 e. The molecule has 228 valence electrons. The van der Waals surface area contributed by atoms with Crippen molar-refractivity contribution in [2.24, 2.45) is 0 Å². The van der Waals surface area contributed by atoms with E-state index in [0.717, 1.165) is 46.4 Å². The van der Waals surface area contributed by atoms with E-state index in [4.69, 9.17) is 9.97 Å². The fourth-order valence-electron chi connectivity index (χ4n) is 8.51. The Kier molecular flexibility index (Phi) is 5.95. The second-order valence-electron chi connectivity index (χ2n) is 13.1. The zero-order chi connectivity index (χ0) is 32.0. The molecule has 2 heterocycles. The van der Waals surface area contributed by atoms with Crippen LogP contribution in [0.5, 0.6) is 0 Å². The summed E-state index contributed by atoms with van der Waals surface area (Å²) in [4.78, 5) is 11.0. The lowest BCUT2D eigenvalue weighted by Gasteiger charge is -2.29. The number of rotatable bonds is 4. The van der Waals surface area contributed by atoms with E-state index in [1.54, 1.807) is 0 Å². The normalized spacial score (nSPS) is 13.5. The molecule has 0 amide bonds. The first-order chi connectivity index (χ1) is 23.7. The molecule has 1 aliphatic rings. The second-order valence-corrected chi connectivity index (χ2v) is 14.2. The molecule has 48 heavy (non-hydrogen) atoms. The van der Waals surface area contributed by atoms with E-state index in [1.165, 1.54) is 64.0 Å². The van der Waals surface area contributed by atoms with Gasteiger partial charge in [-0.1, -0.05) is 117 Å². The molecule has 0 radical (unpaired) electrons. The maximum Gasteiger partial charge on any atom is 0.160 e. The molecule has 0 bridgehead atoms. The predicted molar refractivity (Wildman–Crippen MR) is 205 cm³/mol. The third-order valence-corrected chi connectivity index (χ3v) is 12.1. The summed E-state index contributed by atoms with van der Waals surface area (Å²) in [6.45, 7) is 4.66. The summed E-state index contributed by atoms with van der Waals surface area (Å²) in [7, 11) is 0. The van der Waals surface area contributed by atoms with Crippen LogP contribution in [0, 0.1) is 0 Å². The molecule has 0 atom stereocenters. The molecule has 0 saturated carbocycles. The van der Waals surface area contributed by atoms with Gasteiger partial charge in [-0.2, -0.15) is 0 Å². The third-order valence-electron chi connectivity index (χ3n) is 10.9. The fraction of sp³-hybridized carbons (Fsp3) is 0.111. The monoisotopic (exact) mass is 632 g/mol. The van der Waals surface area contributed by atoms with Crippen molar-refractivity contribution in [3.05, 3.63) is 145 Å². The van der Waals surface area contributed by atoms with Crippen LogP contribution in [0.15, 0.2) is 133 Å². The first-order valence-electron chi connectivity index (χ1n) is 17.0. The van der Waals surface area contributed by atoms with Crippen LogP contribution in [0.3, 0.4) is 0 Å². The van der Waals surface area contributed by atoms with E-state index in [1.807, 2.05) is 11.3 Å². The summed E-state index contributed by atoms with van der Waals surface area (Å²) in [6.07, 6.45) is 2.10. The van der Waals surface area contributed by atoms with Gasteiger partial charge >= 0.3 is 0 Å². The molecule has 10 rings (SSSR count). The maximum atomic E-state index is 5.52. The lowest BCUT2D eigenvalue weighted by atomic mass is 9.73. The molecular weight excluding hydrogens is 601 g/mol. The minimum absolute atomic E-state index is 0.0182. The van der Waals surface area contributed by atoms with Crippen molar-refractivity contribution in [2.75, 3.05) is 0 Å². The molecule has 0 unspecified atom stereocenters. The quantitative estimate of drug-likeness (QED) is 0.193. The first kappa shape index (κ1) is 27.7. The SMILES string of the molecule is CCC1(CC)c2ccccc2-c2ccc(-c3nc(-c4ccc5ccccc5c4)c4ccc5sc6ccc7ccccc7c6c5c4n3)cc21. The van der Waals surface area contributed by atoms with E-state index >= 15 is 0 Å². The number of nitrogens with zero attached hydrogens (tertiary/aromatic N) is 2. The molecule has 9 aromatic rings. The highest BCUT2D eigenvalue weighted by atomic mass is 32.1. The van der Waals surface area contributed by atoms with Crippen LogP contribution in [0.25, 0.3) is 86.4 Å². The number of thiophene rings is 1. The fourth-order valence-corrected chi connectivity index (χ4v) is 9.63. The molecule has 1 aliphatic carbocycles. The molecule has 0 spiro atoms. The van der Waals surface area contributed by atoms with Gasteiger partial charge in [-0.3, -0.25) is 0 Å². The summed E-state index contributed by atoms with van der Waals surface area (Å²) >= 11 is 1.85. The van der Waals surface area contributed by atoms with Gasteiger partial charge in [-0.05, 0) is 87.0 Å². The summed E-state index contributed by atoms with van der Waals surface area (Å²) in [5, 5.41) is 8.55. The Bertz CT molecular complexity index is 2770. The summed E-state index contributed by atoms with van der Waals surface area (Å²) in [6, 6.07) is 49.0. The molecular formula is C45H32N2S. The average Bonchev–Trinajstić information content (AvgIpc) is 3.68. The lowest BCUT2D eigenvalue weighted by Crippen LogP contribution is -2.23. The molecule has 0 N–H and O–H groups in total. The molecule has 3 heteroatoms. The average molecular weight is 633 g/mol. The van der Waals surface area contributed by atoms with Crippen LogP contribution in [-0.2, 0) is 5.41 Å². The zero-order valence-corrected chi connectivity index (χ0v) is 27.7. The first-order valence-corrected chi connectivity index (χ1v) is 17.8. The van der Waals surface area contributed by atoms with Gasteiger partial charge in [0, 0.05) is 42.1 Å². The number of aromatic nitrogens is 2. The molecule has 2 nitrogen and oxygen atoms in total. The molecule has 0 aliphatic heterocycles. The number of hydrogen-bond acceptors (Lipinski definition) is 3. The largest absolute Gasteiger partial charge is 0.227 e. The van der Waals surface area contributed by atoms with Crippen LogP contribution in [-0.4, -0.2) is 9.97 Å². The van der Waals surface area contributed by atoms with E-state index in [9.17, 15) is 0 Å². The summed E-state index contributed by atoms with van der Waals surface area (Å²) < 4.78 is 2.54. The van der Waals surface area contributed by atoms with E-state index in [2.05, 4.69) is 147 Å². The van der Waals surface area contributed by atoms with Crippen LogP contribution >= 0.6 is 11.3 Å². The third kappa shape index (κ3) is 3.80. The Morgan fingerprint density at radius 2 is 1.21 bits per heavy atom. The van der Waals surface area contributed by atoms with Gasteiger partial charge in [0.2, 0.25) is 0 Å². The van der Waals surface area contributed by atoms with E-state index < -0.39 is 0 Å². The Morgan fingerprint density at radius 1 is 0.521 bits per heavy atom. The maximum absolute atomic E-state index is 5.52. The van der Waals surface area contributed by atoms with Crippen molar-refractivity contribution in [2.45, 2.75) is 32.1 Å². The van der Waals surface area contributed by atoms with Gasteiger partial charge in [-0.15, -0.1) is 11.3 Å². The molecule has 0 fully saturated rings. The molecule has 7 aromatic carbocycles. The molecule has 2 aromatic heterocycles. The topological polar surface area (TPSA) is 25.8 Å². The summed E-state index contributed by atoms with van der Waals surface area (Å²) in [5.41, 5.74) is 9.69. The highest BCUT2D eigenvalue weighted by Gasteiger charge is 2.40. The van der Waals surface area contributed by atoms with Crippen molar-refractivity contribution < 1.29 is 0 Å². The van der Waals surface area contributed by atoms with Crippen LogP contribution < -0.4 is 0 Å². The summed E-state index contributed by atoms with van der Waals surface area (Å²) in [5.74, 6) is 0.776. The van der Waals surface area contributed by atoms with Gasteiger partial charge in [0.05, 0.1) is 11.2 Å². The van der Waals surface area contributed by atoms with Crippen molar-refractivity contribution in [3.8, 4) is 33.8 Å². The van der Waals surface area contributed by atoms with Gasteiger partial charge in [0.25, 0.3) is 0 Å². The van der Waals surface area contributed by atoms with Crippen molar-refractivity contribution >= 4 is 64.0 Å². The van der Waals surface area contributed by atoms with E-state index in [0.29, 0.717) is 0 Å². The number of hydrogen-bond donors (Lipinski definition) is 0. The van der Waals surface area contributed by atoms with Gasteiger partial charge in [0.15, 0.2) is 5.82 Å². The predicted octanol–water partition coefficient (Wildman–Crippen LogP) is 12.7. The Hall–Kier alpha value is -5.38. The Balaban J connectivity index is 1.31. The van der Waals surface area contributed by atoms with Gasteiger partial charge in [-0.25, -0.2) is 9.97 Å². The zero-order valence-electron chi connectivity index (χ0n) is 26.9. The van der Waals surface area contributed by atoms with Gasteiger partial charge < -0.3 is 0 Å².